The van der Waals surface area contributed by atoms with E-state index < -0.39 is 82.5 Å². The van der Waals surface area contributed by atoms with Crippen LogP contribution in [0.15, 0.2) is 72.8 Å². The number of carbonyl (C=O) groups excluding carboxylic acids is 4. The zero-order valence-electron chi connectivity index (χ0n) is 48.2. The van der Waals surface area contributed by atoms with E-state index in [0.29, 0.717) is 60.8 Å². The molecule has 85 heavy (non-hydrogen) atoms. The summed E-state index contributed by atoms with van der Waals surface area (Å²) < 4.78 is 69.6. The highest BCUT2D eigenvalue weighted by Crippen LogP contribution is 2.48. The number of halogens is 1. The zero-order valence-corrected chi connectivity index (χ0v) is 49.8. The summed E-state index contributed by atoms with van der Waals surface area (Å²) in [5.41, 5.74) is 9.02. The Balaban J connectivity index is 0.903. The maximum Gasteiger partial charge on any atom is 0.501 e. The molecule has 5 heterocycles. The summed E-state index contributed by atoms with van der Waals surface area (Å²) in [4.78, 5) is 56.7. The number of anilines is 2. The number of rotatable bonds is 25. The van der Waals surface area contributed by atoms with Gasteiger partial charge in [-0.05, 0) is 77.5 Å². The third-order valence-electron chi connectivity index (χ3n) is 15.3. The quantitative estimate of drug-likeness (QED) is 0.0205. The van der Waals surface area contributed by atoms with Crippen molar-refractivity contribution in [1.29, 1.82) is 5.41 Å². The number of amides is 4. The topological polar surface area (TPSA) is 321 Å². The number of imide groups is 1. The molecule has 4 aromatic carbocycles. The highest BCUT2D eigenvalue weighted by atomic mass is 35.5. The molecule has 2 fully saturated rings. The van der Waals surface area contributed by atoms with Gasteiger partial charge in [-0.2, -0.15) is 5.53 Å². The molecule has 8 atom stereocenters. The first-order valence-electron chi connectivity index (χ1n) is 27.7. The lowest BCUT2D eigenvalue weighted by atomic mass is 9.92. The lowest BCUT2D eigenvalue weighted by Gasteiger charge is -2.39. The summed E-state index contributed by atoms with van der Waals surface area (Å²) in [7, 11) is -2.23. The Morgan fingerprint density at radius 2 is 1.59 bits per heavy atom. The summed E-state index contributed by atoms with van der Waals surface area (Å²) in [5.74, 6) is -2.77. The Labute approximate surface area is 497 Å². The molecule has 0 saturated carbocycles. The number of hydrazine groups is 2. The second kappa shape index (κ2) is 25.8. The van der Waals surface area contributed by atoms with E-state index in [0.717, 1.165) is 27.8 Å². The van der Waals surface area contributed by atoms with Crippen molar-refractivity contribution < 1.29 is 80.1 Å². The number of ether oxygens (including phenoxy) is 5. The second-order valence-corrected chi connectivity index (χ2v) is 25.0. The summed E-state index contributed by atoms with van der Waals surface area (Å²) in [6.45, 7) is 11.7. The maximum atomic E-state index is 14.6. The maximum absolute atomic E-state index is 14.6. The Morgan fingerprint density at radius 1 is 0.871 bits per heavy atom. The van der Waals surface area contributed by atoms with Gasteiger partial charge >= 0.3 is 10.4 Å². The van der Waals surface area contributed by atoms with E-state index >= 15 is 0 Å². The predicted octanol–water partition coefficient (Wildman–Crippen LogP) is 2.60. The Kier molecular flexibility index (Phi) is 19.1. The first-order chi connectivity index (χ1) is 40.3. The molecule has 9 rings (SSSR count). The molecule has 0 aliphatic carbocycles. The van der Waals surface area contributed by atoms with Crippen molar-refractivity contribution in [3.63, 3.8) is 0 Å². The lowest BCUT2D eigenvalue weighted by molar-refractivity contribution is -0.277. The van der Waals surface area contributed by atoms with E-state index in [4.69, 9.17) is 49.1 Å². The fourth-order valence-corrected chi connectivity index (χ4v) is 12.1. The molecule has 4 amide bonds. The molecular formula is C58H73ClN8O17S. The molecule has 5 unspecified atom stereocenters. The van der Waals surface area contributed by atoms with Crippen LogP contribution in [0.3, 0.4) is 0 Å². The average Bonchev–Trinajstić information content (AvgIpc) is 1.78. The summed E-state index contributed by atoms with van der Waals surface area (Å²) in [6.07, 6.45) is -5.92. The van der Waals surface area contributed by atoms with Gasteiger partial charge in [-0.1, -0.05) is 33.8 Å². The van der Waals surface area contributed by atoms with Gasteiger partial charge in [0.1, 0.15) is 36.2 Å². The molecule has 25 nitrogen and oxygen atoms in total. The molecule has 0 bridgehead atoms. The molecule has 0 aromatic heterocycles. The SMILES string of the molecule is COc1ccc2c(OS(=O)(=O)Oc3cc(C(=O)N(C)CC(C)(C)COCC(C)(C)CN4CC(COCCN5C(=O)C=CC5=O)NN4)ccc3O[C@@H]3O[C@H](CO)[C@H](O)C(O)C3O)cc3c(c2c1)C(CCl)CN3C(=O)C1Cc2cc(C(C)=N)ccc2N1. The van der Waals surface area contributed by atoms with E-state index in [-0.39, 0.29) is 84.6 Å². The standard InChI is InChI=1S/C58H73ClN8O17S/c1-32(60)33-8-12-41-35(18-33)19-42(61-41)55(75)67-24-36(23-59)50-40-21-38(78-7)10-11-39(40)45(22-43(50)67)83-85(76,77)84-46-20-34(9-13-44(46)81-56-53(73)52(72)51(71)47(26-68)82-56)54(74)64(6)28-57(2,3)30-80-31-58(4,5)29-65-25-37(62-63-65)27-79-17-16-66-48(69)14-15-49(66)70/h8-15,18,20-22,36-37,42,47,51-53,56,60-63,68,71-73H,16-17,19,23-31H2,1-7H3/t36?,37?,42?,47-,51+,52?,53?,56-/m1/s1. The van der Waals surface area contributed by atoms with Crippen molar-refractivity contribution in [3.05, 3.63) is 95.1 Å². The van der Waals surface area contributed by atoms with Crippen LogP contribution < -0.4 is 39.0 Å². The molecular weight excluding hydrogens is 1150 g/mol. The largest absolute Gasteiger partial charge is 0.501 e. The molecule has 460 valence electrons. The van der Waals surface area contributed by atoms with Gasteiger partial charge in [0.15, 0.2) is 17.2 Å². The predicted molar refractivity (Wildman–Crippen MR) is 311 cm³/mol. The third kappa shape index (κ3) is 14.3. The van der Waals surface area contributed by atoms with Gasteiger partial charge in [0.05, 0.1) is 58.4 Å². The van der Waals surface area contributed by atoms with Crippen LogP contribution in [0.1, 0.15) is 67.6 Å². The van der Waals surface area contributed by atoms with Crippen molar-refractivity contribution in [1.82, 2.24) is 25.8 Å². The monoisotopic (exact) mass is 1220 g/mol. The first-order valence-corrected chi connectivity index (χ1v) is 29.6. The number of methoxy groups -OCH3 is 1. The lowest BCUT2D eigenvalue weighted by Crippen LogP contribution is -2.60. The second-order valence-electron chi connectivity index (χ2n) is 23.5. The van der Waals surface area contributed by atoms with Gasteiger partial charge in [0.2, 0.25) is 12.2 Å². The van der Waals surface area contributed by atoms with Crippen molar-refractivity contribution in [3.8, 4) is 23.0 Å². The number of nitrogens with one attached hydrogen (secondary N) is 4. The van der Waals surface area contributed by atoms with Crippen LogP contribution in [0, 0.1) is 16.2 Å². The van der Waals surface area contributed by atoms with Crippen LogP contribution in [0.4, 0.5) is 11.4 Å². The Hall–Kier alpha value is -6.53. The van der Waals surface area contributed by atoms with Gasteiger partial charge in [-0.25, -0.2) is 10.4 Å². The molecule has 27 heteroatoms. The number of benzene rings is 4. The van der Waals surface area contributed by atoms with Crippen molar-refractivity contribution >= 4 is 73.5 Å². The van der Waals surface area contributed by atoms with Crippen LogP contribution >= 0.6 is 11.6 Å². The van der Waals surface area contributed by atoms with Gasteiger partial charge in [0.25, 0.3) is 17.7 Å². The van der Waals surface area contributed by atoms with E-state index in [1.54, 1.807) is 38.2 Å². The highest BCUT2D eigenvalue weighted by molar-refractivity contribution is 7.82. The number of hydrogen-bond acceptors (Lipinski definition) is 22. The van der Waals surface area contributed by atoms with Crippen molar-refractivity contribution in [2.45, 2.75) is 89.7 Å². The smallest absolute Gasteiger partial charge is 0.497 e. The molecule has 0 spiro atoms. The molecule has 2 saturated heterocycles. The van der Waals surface area contributed by atoms with Crippen LogP contribution in [0.25, 0.3) is 10.8 Å². The van der Waals surface area contributed by atoms with Crippen LogP contribution in [-0.2, 0) is 45.4 Å². The minimum absolute atomic E-state index is 0.0511. The van der Waals surface area contributed by atoms with Gasteiger partial charge in [-0.15, -0.1) is 20.0 Å². The number of nitrogens with zero attached hydrogens (tertiary/aromatic N) is 4. The number of alkyl halides is 1. The zero-order chi connectivity index (χ0) is 61.3. The molecule has 4 aromatic rings. The van der Waals surface area contributed by atoms with Crippen LogP contribution in [0.5, 0.6) is 23.0 Å². The summed E-state index contributed by atoms with van der Waals surface area (Å²) in [5, 5.41) is 56.2. The summed E-state index contributed by atoms with van der Waals surface area (Å²) >= 11 is 6.62. The van der Waals surface area contributed by atoms with Crippen LogP contribution in [-0.4, -0.2) is 202 Å². The van der Waals surface area contributed by atoms with E-state index in [1.807, 2.05) is 31.0 Å². The number of aliphatic hydroxyl groups excluding tert-OH is 4. The normalized spacial score (nSPS) is 23.3. The van der Waals surface area contributed by atoms with E-state index in [9.17, 15) is 48.0 Å². The number of fused-ring (bicyclic) bond motifs is 4. The molecule has 8 N–H and O–H groups in total. The van der Waals surface area contributed by atoms with E-state index in [1.165, 1.54) is 47.3 Å². The van der Waals surface area contributed by atoms with Gasteiger partial charge in [-0.3, -0.25) is 24.1 Å². The average molecular weight is 1220 g/mol. The van der Waals surface area contributed by atoms with E-state index in [2.05, 4.69) is 30.1 Å². The fourth-order valence-electron chi connectivity index (χ4n) is 11.2. The number of carbonyl (C=O) groups is 4. The fraction of sp³-hybridized carbons (Fsp3) is 0.500. The van der Waals surface area contributed by atoms with Crippen LogP contribution in [0.2, 0.25) is 0 Å². The first kappa shape index (κ1) is 63.0. The third-order valence-corrected chi connectivity index (χ3v) is 16.4. The molecule has 5 aliphatic rings. The number of aliphatic hydroxyl groups is 4. The molecule has 0 radical (unpaired) electrons. The van der Waals surface area contributed by atoms with Gasteiger partial charge in [0, 0.05) is 103 Å². The van der Waals surface area contributed by atoms with Crippen molar-refractivity contribution in [2.24, 2.45) is 10.8 Å². The van der Waals surface area contributed by atoms with Gasteiger partial charge < -0.3 is 73.0 Å². The molecule has 5 aliphatic heterocycles. The summed E-state index contributed by atoms with van der Waals surface area (Å²) in [6, 6.07) is 14.7. The minimum Gasteiger partial charge on any atom is -0.497 e. The number of hydrogen-bond donors (Lipinski definition) is 8. The van der Waals surface area contributed by atoms with Crippen molar-refractivity contribution in [2.75, 3.05) is 96.0 Å². The Bertz CT molecular complexity index is 3330. The Morgan fingerprint density at radius 3 is 2.29 bits per heavy atom. The highest BCUT2D eigenvalue weighted by Gasteiger charge is 2.46. The minimum atomic E-state index is -5.26.